The Kier molecular flexibility index (Phi) is 1.65. The summed E-state index contributed by atoms with van der Waals surface area (Å²) < 4.78 is 0. The molecule has 0 aromatic heterocycles. The largest absolute Gasteiger partial charge is 0.295 e. The first kappa shape index (κ1) is 6.84. The number of hydrogen-bond acceptors (Lipinski definition) is 1. The maximum absolute atomic E-state index is 11.0. The molecule has 0 N–H and O–H groups in total. The Labute approximate surface area is 66.8 Å². The molecule has 0 aliphatic heterocycles. The van der Waals surface area contributed by atoms with Gasteiger partial charge >= 0.3 is 0 Å². The summed E-state index contributed by atoms with van der Waals surface area (Å²) in [5, 5.41) is 0. The number of carbonyl (C=O) groups excluding carboxylic acids is 1. The van der Waals surface area contributed by atoms with E-state index in [0.717, 1.165) is 19.3 Å². The molecule has 2 aliphatic rings. The third-order valence-corrected chi connectivity index (χ3v) is 2.13. The third kappa shape index (κ3) is 1.28. The van der Waals surface area contributed by atoms with Gasteiger partial charge in [-0.25, -0.2) is 0 Å². The molecule has 2 rings (SSSR count). The molecule has 0 heterocycles. The molecule has 0 saturated heterocycles. The predicted molar refractivity (Wildman–Crippen MR) is 42.9 cm³/mol. The third-order valence-electron chi connectivity index (χ3n) is 2.13. The summed E-state index contributed by atoms with van der Waals surface area (Å²) in [5.74, 6) is 0.243. The summed E-state index contributed by atoms with van der Waals surface area (Å²) >= 11 is 0. The molecule has 2 aliphatic carbocycles. The quantitative estimate of drug-likeness (QED) is 0.511. The molecular formula is C10H10O. The van der Waals surface area contributed by atoms with E-state index < -0.39 is 0 Å². The summed E-state index contributed by atoms with van der Waals surface area (Å²) in [4.78, 5) is 11.0. The zero-order valence-corrected chi connectivity index (χ0v) is 6.39. The standard InChI is InChI=1S/C10H10O/c11-10-6-5-8-3-1-2-4-9(8)7-10/h5,7H,1-2,4,6H2. The molecule has 0 aromatic carbocycles. The van der Waals surface area contributed by atoms with Gasteiger partial charge < -0.3 is 0 Å². The van der Waals surface area contributed by atoms with E-state index in [1.54, 1.807) is 6.08 Å². The van der Waals surface area contributed by atoms with Crippen molar-refractivity contribution in [2.24, 2.45) is 0 Å². The molecule has 0 atom stereocenters. The number of hydrogen-bond donors (Lipinski definition) is 0. The lowest BCUT2D eigenvalue weighted by Crippen LogP contribution is -2.07. The Morgan fingerprint density at radius 2 is 2.36 bits per heavy atom. The Morgan fingerprint density at radius 1 is 1.45 bits per heavy atom. The zero-order chi connectivity index (χ0) is 7.68. The Hall–Kier alpha value is -0.850. The highest BCUT2D eigenvalue weighted by atomic mass is 16.1. The van der Waals surface area contributed by atoms with Crippen LogP contribution in [0.3, 0.4) is 0 Å². The highest BCUT2D eigenvalue weighted by Gasteiger charge is 2.16. The highest BCUT2D eigenvalue weighted by Crippen LogP contribution is 2.30. The average molecular weight is 146 g/mol. The molecule has 1 fully saturated rings. The van der Waals surface area contributed by atoms with Gasteiger partial charge in [0.2, 0.25) is 0 Å². The van der Waals surface area contributed by atoms with Gasteiger partial charge in [0.15, 0.2) is 5.78 Å². The van der Waals surface area contributed by atoms with E-state index in [2.05, 4.69) is 6.42 Å². The summed E-state index contributed by atoms with van der Waals surface area (Å²) in [7, 11) is 0. The second kappa shape index (κ2) is 2.65. The Bertz CT molecular complexity index is 246. The first-order chi connectivity index (χ1) is 5.36. The van der Waals surface area contributed by atoms with E-state index in [0.29, 0.717) is 6.42 Å². The van der Waals surface area contributed by atoms with Crippen LogP contribution >= 0.6 is 0 Å². The Morgan fingerprint density at radius 3 is 3.27 bits per heavy atom. The minimum absolute atomic E-state index is 0.243. The van der Waals surface area contributed by atoms with Crippen LogP contribution in [0.5, 0.6) is 0 Å². The van der Waals surface area contributed by atoms with Crippen molar-refractivity contribution < 1.29 is 4.79 Å². The molecule has 0 unspecified atom stereocenters. The summed E-state index contributed by atoms with van der Waals surface area (Å²) in [6.07, 6.45) is 10.9. The van der Waals surface area contributed by atoms with Crippen LogP contribution < -0.4 is 0 Å². The lowest BCUT2D eigenvalue weighted by atomic mass is 9.85. The van der Waals surface area contributed by atoms with Crippen molar-refractivity contribution in [1.82, 2.24) is 0 Å². The molecule has 0 spiro atoms. The van der Waals surface area contributed by atoms with Crippen molar-refractivity contribution >= 4 is 5.78 Å². The van der Waals surface area contributed by atoms with E-state index in [1.807, 2.05) is 6.08 Å². The van der Waals surface area contributed by atoms with Gasteiger partial charge in [0.05, 0.1) is 0 Å². The fourth-order valence-electron chi connectivity index (χ4n) is 1.56. The molecule has 0 bridgehead atoms. The molecule has 1 nitrogen and oxygen atoms in total. The minimum Gasteiger partial charge on any atom is -0.295 e. The van der Waals surface area contributed by atoms with Crippen LogP contribution in [0.15, 0.2) is 23.3 Å². The number of fused-ring (bicyclic) bond motifs is 1. The topological polar surface area (TPSA) is 17.1 Å². The SMILES string of the molecule is O=C1C=C2CCC[C]C2=CC1. The molecule has 1 saturated carbocycles. The minimum atomic E-state index is 0.243. The van der Waals surface area contributed by atoms with Crippen LogP contribution in [0.2, 0.25) is 0 Å². The van der Waals surface area contributed by atoms with Crippen molar-refractivity contribution in [2.75, 3.05) is 0 Å². The van der Waals surface area contributed by atoms with Crippen molar-refractivity contribution in [3.63, 3.8) is 0 Å². The Balaban J connectivity index is 2.26. The normalized spacial score (nSPS) is 23.8. The van der Waals surface area contributed by atoms with Crippen molar-refractivity contribution in [3.8, 4) is 0 Å². The maximum atomic E-state index is 11.0. The fraction of sp³-hybridized carbons (Fsp3) is 0.400. The van der Waals surface area contributed by atoms with E-state index in [4.69, 9.17) is 0 Å². The molecule has 11 heavy (non-hydrogen) atoms. The maximum Gasteiger partial charge on any atom is 0.159 e. The van der Waals surface area contributed by atoms with Gasteiger partial charge in [-0.05, 0) is 36.5 Å². The molecule has 2 radical (unpaired) electrons. The fourth-order valence-corrected chi connectivity index (χ4v) is 1.56. The molecule has 1 heteroatoms. The van der Waals surface area contributed by atoms with E-state index >= 15 is 0 Å². The monoisotopic (exact) mass is 146 g/mol. The second-order valence-electron chi connectivity index (χ2n) is 2.99. The lowest BCUT2D eigenvalue weighted by Gasteiger charge is -2.19. The molecule has 0 aromatic rings. The van der Waals surface area contributed by atoms with Gasteiger partial charge in [0.25, 0.3) is 0 Å². The molecule has 0 amide bonds. The number of ketones is 1. The second-order valence-corrected chi connectivity index (χ2v) is 2.99. The van der Waals surface area contributed by atoms with Crippen LogP contribution in [0.4, 0.5) is 0 Å². The average Bonchev–Trinajstić information content (AvgIpc) is 2.04. The predicted octanol–water partition coefficient (Wildman–Crippen LogP) is 2.08. The van der Waals surface area contributed by atoms with Crippen LogP contribution in [-0.4, -0.2) is 5.78 Å². The number of carbonyl (C=O) groups is 1. The lowest BCUT2D eigenvalue weighted by molar-refractivity contribution is -0.114. The van der Waals surface area contributed by atoms with Gasteiger partial charge in [-0.1, -0.05) is 6.08 Å². The van der Waals surface area contributed by atoms with Crippen molar-refractivity contribution in [1.29, 1.82) is 0 Å². The van der Waals surface area contributed by atoms with Crippen LogP contribution in [0, 0.1) is 6.42 Å². The van der Waals surface area contributed by atoms with Crippen LogP contribution in [-0.2, 0) is 4.79 Å². The molecular weight excluding hydrogens is 136 g/mol. The van der Waals surface area contributed by atoms with Crippen LogP contribution in [0.1, 0.15) is 25.7 Å². The van der Waals surface area contributed by atoms with Gasteiger partial charge in [-0.2, -0.15) is 0 Å². The van der Waals surface area contributed by atoms with Gasteiger partial charge in [0.1, 0.15) is 0 Å². The summed E-state index contributed by atoms with van der Waals surface area (Å²) in [5.41, 5.74) is 2.39. The number of allylic oxidation sites excluding steroid dienone is 4. The van der Waals surface area contributed by atoms with E-state index in [1.165, 1.54) is 11.1 Å². The van der Waals surface area contributed by atoms with E-state index in [-0.39, 0.29) is 5.78 Å². The van der Waals surface area contributed by atoms with Gasteiger partial charge in [-0.3, -0.25) is 4.79 Å². The highest BCUT2D eigenvalue weighted by molar-refractivity contribution is 5.94. The number of rotatable bonds is 0. The van der Waals surface area contributed by atoms with Crippen LogP contribution in [0.25, 0.3) is 0 Å². The summed E-state index contributed by atoms with van der Waals surface area (Å²) in [6.45, 7) is 0. The van der Waals surface area contributed by atoms with Crippen molar-refractivity contribution in [2.45, 2.75) is 25.7 Å². The zero-order valence-electron chi connectivity index (χ0n) is 6.39. The van der Waals surface area contributed by atoms with E-state index in [9.17, 15) is 4.79 Å². The smallest absolute Gasteiger partial charge is 0.159 e. The van der Waals surface area contributed by atoms with Gasteiger partial charge in [-0.15, -0.1) is 0 Å². The van der Waals surface area contributed by atoms with Gasteiger partial charge in [0, 0.05) is 12.8 Å². The first-order valence-corrected chi connectivity index (χ1v) is 4.04. The first-order valence-electron chi connectivity index (χ1n) is 4.04. The van der Waals surface area contributed by atoms with Crippen molar-refractivity contribution in [3.05, 3.63) is 29.7 Å². The summed E-state index contributed by atoms with van der Waals surface area (Å²) in [6, 6.07) is 0. The molecule has 56 valence electrons.